The Balaban J connectivity index is 2.34. The van der Waals surface area contributed by atoms with Crippen molar-refractivity contribution in [2.45, 2.75) is 23.9 Å². The van der Waals surface area contributed by atoms with Gasteiger partial charge in [-0.3, -0.25) is 0 Å². The Labute approximate surface area is 108 Å². The molecule has 0 amide bonds. The summed E-state index contributed by atoms with van der Waals surface area (Å²) in [5, 5.41) is 17.4. The third-order valence-corrected chi connectivity index (χ3v) is 3.32. The quantitative estimate of drug-likeness (QED) is 0.913. The van der Waals surface area contributed by atoms with Gasteiger partial charge in [-0.05, 0) is 37.7 Å². The Morgan fingerprint density at radius 2 is 1.89 bits per heavy atom. The van der Waals surface area contributed by atoms with Gasteiger partial charge < -0.3 is 5.11 Å². The average Bonchev–Trinajstić information content (AvgIpc) is 2.34. The molecule has 0 aliphatic carbocycles. The highest BCUT2D eigenvalue weighted by atomic mass is 32.2. The molecule has 1 aromatic carbocycles. The van der Waals surface area contributed by atoms with E-state index in [1.54, 1.807) is 24.3 Å². The molecule has 0 bridgehead atoms. The maximum atomic E-state index is 11.1. The molecular weight excluding hydrogens is 250 g/mol. The van der Waals surface area contributed by atoms with Crippen LogP contribution in [0.5, 0.6) is 0 Å². The van der Waals surface area contributed by atoms with E-state index in [0.717, 1.165) is 11.4 Å². The largest absolute Gasteiger partial charge is 0.478 e. The maximum absolute atomic E-state index is 11.1. The van der Waals surface area contributed by atoms with Crippen LogP contribution in [0.2, 0.25) is 0 Å². The Kier molecular flexibility index (Phi) is 3.57. The second-order valence-electron chi connectivity index (χ2n) is 3.67. The van der Waals surface area contributed by atoms with Crippen LogP contribution in [0.25, 0.3) is 0 Å². The van der Waals surface area contributed by atoms with Gasteiger partial charge in [0, 0.05) is 4.90 Å². The topological polar surface area (TPSA) is 76.0 Å². The van der Waals surface area contributed by atoms with Gasteiger partial charge in [0.2, 0.25) is 5.16 Å². The first-order valence-electron chi connectivity index (χ1n) is 5.26. The van der Waals surface area contributed by atoms with Crippen LogP contribution in [-0.2, 0) is 0 Å². The molecule has 0 saturated carbocycles. The van der Waals surface area contributed by atoms with E-state index in [2.05, 4.69) is 15.2 Å². The van der Waals surface area contributed by atoms with Gasteiger partial charge in [0.05, 0.1) is 17.0 Å². The minimum Gasteiger partial charge on any atom is -0.478 e. The van der Waals surface area contributed by atoms with E-state index in [0.29, 0.717) is 10.1 Å². The summed E-state index contributed by atoms with van der Waals surface area (Å²) in [5.74, 6) is -0.963. The van der Waals surface area contributed by atoms with Crippen LogP contribution in [0.15, 0.2) is 34.3 Å². The molecule has 2 rings (SSSR count). The fourth-order valence-electron chi connectivity index (χ4n) is 1.31. The summed E-state index contributed by atoms with van der Waals surface area (Å²) in [5.41, 5.74) is 1.80. The number of aromatic carboxylic acids is 1. The van der Waals surface area contributed by atoms with Crippen LogP contribution >= 0.6 is 11.8 Å². The number of benzene rings is 1. The van der Waals surface area contributed by atoms with Crippen LogP contribution in [-0.4, -0.2) is 26.3 Å². The summed E-state index contributed by atoms with van der Waals surface area (Å²) in [7, 11) is 0. The number of nitrogens with zero attached hydrogens (tertiary/aromatic N) is 3. The van der Waals surface area contributed by atoms with Gasteiger partial charge in [0.25, 0.3) is 0 Å². The van der Waals surface area contributed by atoms with Crippen molar-refractivity contribution in [1.82, 2.24) is 15.2 Å². The highest BCUT2D eigenvalue weighted by Gasteiger charge is 2.12. The molecule has 0 saturated heterocycles. The number of rotatable bonds is 3. The third-order valence-electron chi connectivity index (χ3n) is 2.39. The number of hydrogen-bond donors (Lipinski definition) is 1. The molecule has 1 heterocycles. The second kappa shape index (κ2) is 5.14. The summed E-state index contributed by atoms with van der Waals surface area (Å²) in [6.45, 7) is 3.67. The number of hydrogen-bond acceptors (Lipinski definition) is 5. The van der Waals surface area contributed by atoms with Crippen LogP contribution in [0.3, 0.4) is 0 Å². The molecule has 1 aromatic heterocycles. The van der Waals surface area contributed by atoms with Crippen molar-refractivity contribution in [3.05, 3.63) is 41.2 Å². The summed E-state index contributed by atoms with van der Waals surface area (Å²) in [6.07, 6.45) is 0. The second-order valence-corrected chi connectivity index (χ2v) is 4.68. The maximum Gasteiger partial charge on any atom is 0.336 e. The molecule has 2 aromatic rings. The average molecular weight is 261 g/mol. The van der Waals surface area contributed by atoms with Gasteiger partial charge in [-0.2, -0.15) is 5.10 Å². The van der Waals surface area contributed by atoms with Crippen LogP contribution < -0.4 is 0 Å². The van der Waals surface area contributed by atoms with Crippen molar-refractivity contribution in [2.24, 2.45) is 0 Å². The fourth-order valence-corrected chi connectivity index (χ4v) is 2.18. The van der Waals surface area contributed by atoms with Crippen molar-refractivity contribution in [1.29, 1.82) is 0 Å². The van der Waals surface area contributed by atoms with E-state index in [1.807, 2.05) is 13.8 Å². The molecule has 0 aliphatic rings. The van der Waals surface area contributed by atoms with Crippen molar-refractivity contribution in [2.75, 3.05) is 0 Å². The molecule has 0 fully saturated rings. The number of carbonyl (C=O) groups is 1. The SMILES string of the molecule is Cc1nnc(Sc2ccccc2C(=O)O)nc1C. The monoisotopic (exact) mass is 261 g/mol. The van der Waals surface area contributed by atoms with E-state index in [4.69, 9.17) is 5.11 Å². The molecule has 6 heteroatoms. The fraction of sp³-hybridized carbons (Fsp3) is 0.167. The zero-order chi connectivity index (χ0) is 13.1. The van der Waals surface area contributed by atoms with Crippen molar-refractivity contribution in [3.8, 4) is 0 Å². The summed E-state index contributed by atoms with van der Waals surface area (Å²) in [6, 6.07) is 6.75. The van der Waals surface area contributed by atoms with Crippen molar-refractivity contribution < 1.29 is 9.90 Å². The Morgan fingerprint density at radius 3 is 2.56 bits per heavy atom. The molecule has 18 heavy (non-hydrogen) atoms. The highest BCUT2D eigenvalue weighted by Crippen LogP contribution is 2.27. The predicted molar refractivity (Wildman–Crippen MR) is 66.8 cm³/mol. The normalized spacial score (nSPS) is 10.3. The van der Waals surface area contributed by atoms with Gasteiger partial charge in [-0.25, -0.2) is 9.78 Å². The lowest BCUT2D eigenvalue weighted by Crippen LogP contribution is -2.01. The first-order chi connectivity index (χ1) is 8.58. The van der Waals surface area contributed by atoms with Crippen LogP contribution in [0.4, 0.5) is 0 Å². The molecule has 1 N–H and O–H groups in total. The standard InChI is InChI=1S/C12H11N3O2S/c1-7-8(2)14-15-12(13-7)18-10-6-4-3-5-9(10)11(16)17/h3-6H,1-2H3,(H,16,17). The number of aryl methyl sites for hydroxylation is 2. The van der Waals surface area contributed by atoms with Gasteiger partial charge >= 0.3 is 5.97 Å². The smallest absolute Gasteiger partial charge is 0.336 e. The van der Waals surface area contributed by atoms with Gasteiger partial charge in [-0.15, -0.1) is 5.10 Å². The lowest BCUT2D eigenvalue weighted by atomic mass is 10.2. The van der Waals surface area contributed by atoms with Gasteiger partial charge in [-0.1, -0.05) is 12.1 Å². The van der Waals surface area contributed by atoms with Gasteiger partial charge in [0.15, 0.2) is 0 Å². The Morgan fingerprint density at radius 1 is 1.17 bits per heavy atom. The van der Waals surface area contributed by atoms with Crippen molar-refractivity contribution >= 4 is 17.7 Å². The molecule has 0 radical (unpaired) electrons. The van der Waals surface area contributed by atoms with Crippen LogP contribution in [0, 0.1) is 13.8 Å². The lowest BCUT2D eigenvalue weighted by molar-refractivity contribution is 0.0693. The van der Waals surface area contributed by atoms with E-state index < -0.39 is 5.97 Å². The third kappa shape index (κ3) is 2.65. The van der Waals surface area contributed by atoms with Crippen molar-refractivity contribution in [3.63, 3.8) is 0 Å². The first-order valence-corrected chi connectivity index (χ1v) is 6.07. The predicted octanol–water partition coefficient (Wildman–Crippen LogP) is 2.34. The van der Waals surface area contributed by atoms with Gasteiger partial charge in [0.1, 0.15) is 0 Å². The zero-order valence-electron chi connectivity index (χ0n) is 9.91. The minimum absolute atomic E-state index is 0.240. The first kappa shape index (κ1) is 12.5. The molecule has 5 nitrogen and oxygen atoms in total. The van der Waals surface area contributed by atoms with E-state index in [9.17, 15) is 4.79 Å². The van der Waals surface area contributed by atoms with E-state index >= 15 is 0 Å². The molecule has 0 unspecified atom stereocenters. The number of aromatic nitrogens is 3. The number of carboxylic acids is 1. The summed E-state index contributed by atoms with van der Waals surface area (Å²) >= 11 is 1.20. The van der Waals surface area contributed by atoms with E-state index in [1.165, 1.54) is 11.8 Å². The molecular formula is C12H11N3O2S. The molecule has 0 atom stereocenters. The Hall–Kier alpha value is -1.95. The molecule has 0 spiro atoms. The molecule has 0 aliphatic heterocycles. The number of carboxylic acid groups (broad SMARTS) is 1. The summed E-state index contributed by atoms with van der Waals surface area (Å²) in [4.78, 5) is 15.9. The summed E-state index contributed by atoms with van der Waals surface area (Å²) < 4.78 is 0. The zero-order valence-corrected chi connectivity index (χ0v) is 10.7. The molecule has 92 valence electrons. The van der Waals surface area contributed by atoms with E-state index in [-0.39, 0.29) is 5.56 Å². The Bertz CT molecular complexity index is 602. The minimum atomic E-state index is -0.963. The van der Waals surface area contributed by atoms with Crippen LogP contribution in [0.1, 0.15) is 21.7 Å². The lowest BCUT2D eigenvalue weighted by Gasteiger charge is -2.04. The highest BCUT2D eigenvalue weighted by molar-refractivity contribution is 7.99.